The van der Waals surface area contributed by atoms with Gasteiger partial charge in [0.1, 0.15) is 12.5 Å². The average Bonchev–Trinajstić information content (AvgIpc) is 2.43. The van der Waals surface area contributed by atoms with Crippen molar-refractivity contribution in [1.29, 1.82) is 10.5 Å². The van der Waals surface area contributed by atoms with Gasteiger partial charge in [-0.05, 0) is 24.6 Å². The van der Waals surface area contributed by atoms with E-state index in [9.17, 15) is 9.67 Å². The number of hydrogen-bond acceptors (Lipinski definition) is 4. The molecule has 6 heteroatoms. The van der Waals surface area contributed by atoms with Crippen molar-refractivity contribution >= 4 is 23.1 Å². The lowest BCUT2D eigenvalue weighted by Crippen LogP contribution is -2.25. The smallest absolute Gasteiger partial charge is 0.139 e. The van der Waals surface area contributed by atoms with Crippen molar-refractivity contribution in [3.05, 3.63) is 34.3 Å². The monoisotopic (exact) mass is 354 g/mol. The average molecular weight is 355 g/mol. The minimum atomic E-state index is -3.10. The molecule has 4 nitrogen and oxygen atoms in total. The van der Waals surface area contributed by atoms with Gasteiger partial charge in [0.2, 0.25) is 0 Å². The van der Waals surface area contributed by atoms with Gasteiger partial charge in [-0.1, -0.05) is 28.1 Å². The third-order valence-electron chi connectivity index (χ3n) is 3.35. The molecule has 0 saturated carbocycles. The van der Waals surface area contributed by atoms with Crippen molar-refractivity contribution in [3.8, 4) is 12.1 Å². The molecule has 0 amide bonds. The van der Waals surface area contributed by atoms with Gasteiger partial charge in [0.05, 0.1) is 12.1 Å². The summed E-state index contributed by atoms with van der Waals surface area (Å²) < 4.78 is 13.9. The van der Waals surface area contributed by atoms with E-state index in [2.05, 4.69) is 15.9 Å². The number of hydrogen-bond donors (Lipinski definition) is 1. The lowest BCUT2D eigenvalue weighted by atomic mass is 10.1. The first-order valence-electron chi connectivity index (χ1n) is 6.18. The van der Waals surface area contributed by atoms with Crippen LogP contribution in [0.1, 0.15) is 25.3 Å². The Balaban J connectivity index is 3.16. The maximum absolute atomic E-state index is 13.1. The molecule has 1 rings (SSSR count). The minimum Gasteiger partial charge on any atom is -0.378 e. The lowest BCUT2D eigenvalue weighted by molar-refractivity contribution is 0.142. The van der Waals surface area contributed by atoms with Gasteiger partial charge in [-0.25, -0.2) is 0 Å². The lowest BCUT2D eigenvalue weighted by Gasteiger charge is -2.33. The van der Waals surface area contributed by atoms with Gasteiger partial charge >= 0.3 is 0 Å². The molecule has 0 fully saturated rings. The van der Waals surface area contributed by atoms with Crippen LogP contribution >= 0.6 is 23.1 Å². The largest absolute Gasteiger partial charge is 0.378 e. The summed E-state index contributed by atoms with van der Waals surface area (Å²) in [5, 5.41) is 26.6. The normalized spacial score (nSPS) is 14.1. The maximum atomic E-state index is 13.1. The molecule has 1 aromatic rings. The summed E-state index contributed by atoms with van der Waals surface area (Å²) in [7, 11) is -3.10. The standard InChI is InChI=1S/C14H16BrN2O2P/c1-14(18,12-4-6-13(15)7-5-12)20(19,10-2-8-16)11-3-9-17/h4-7,18H,2-3,10-11H2,1H3. The van der Waals surface area contributed by atoms with Crippen LogP contribution in [0.2, 0.25) is 0 Å². The molecular weight excluding hydrogens is 339 g/mol. The van der Waals surface area contributed by atoms with Crippen LogP contribution in [-0.4, -0.2) is 17.4 Å². The van der Waals surface area contributed by atoms with Gasteiger partial charge in [-0.2, -0.15) is 10.5 Å². The Hall–Kier alpha value is -1.13. The van der Waals surface area contributed by atoms with E-state index in [4.69, 9.17) is 10.5 Å². The Morgan fingerprint density at radius 1 is 1.20 bits per heavy atom. The Kier molecular flexibility index (Phi) is 5.96. The number of nitriles is 2. The Morgan fingerprint density at radius 2 is 1.65 bits per heavy atom. The van der Waals surface area contributed by atoms with Crippen LogP contribution < -0.4 is 0 Å². The summed E-state index contributed by atoms with van der Waals surface area (Å²) in [5.41, 5.74) is 0.542. The summed E-state index contributed by atoms with van der Waals surface area (Å²) in [6.45, 7) is 1.51. The number of benzene rings is 1. The quantitative estimate of drug-likeness (QED) is 0.787. The number of nitrogens with zero attached hydrogens (tertiary/aromatic N) is 2. The highest BCUT2D eigenvalue weighted by molar-refractivity contribution is 9.10. The second-order valence-corrected chi connectivity index (χ2v) is 9.14. The number of rotatable bonds is 6. The predicted octanol–water partition coefficient (Wildman–Crippen LogP) is 3.80. The van der Waals surface area contributed by atoms with Crippen molar-refractivity contribution < 1.29 is 9.67 Å². The first-order chi connectivity index (χ1) is 9.37. The van der Waals surface area contributed by atoms with E-state index >= 15 is 0 Å². The Bertz CT molecular complexity index is 563. The molecule has 1 aromatic carbocycles. The van der Waals surface area contributed by atoms with Gasteiger partial charge < -0.3 is 9.67 Å². The van der Waals surface area contributed by atoms with Crippen LogP contribution in [0.3, 0.4) is 0 Å². The summed E-state index contributed by atoms with van der Waals surface area (Å²) in [5.74, 6) is 0. The van der Waals surface area contributed by atoms with Gasteiger partial charge in [-0.3, -0.25) is 0 Å². The molecule has 0 spiro atoms. The van der Waals surface area contributed by atoms with Gasteiger partial charge in [0, 0.05) is 29.6 Å². The van der Waals surface area contributed by atoms with E-state index in [1.165, 1.54) is 6.92 Å². The van der Waals surface area contributed by atoms with Crippen LogP contribution in [0.4, 0.5) is 0 Å². The molecule has 1 N–H and O–H groups in total. The summed E-state index contributed by atoms with van der Waals surface area (Å²) in [6, 6.07) is 10.9. The molecule has 0 bridgehead atoms. The molecule has 0 heterocycles. The third-order valence-corrected chi connectivity index (χ3v) is 7.62. The Labute approximate surface area is 127 Å². The Morgan fingerprint density at radius 3 is 2.05 bits per heavy atom. The van der Waals surface area contributed by atoms with Crippen molar-refractivity contribution in [1.82, 2.24) is 0 Å². The molecule has 20 heavy (non-hydrogen) atoms. The molecule has 0 saturated heterocycles. The van der Waals surface area contributed by atoms with Crippen LogP contribution in [0, 0.1) is 22.7 Å². The van der Waals surface area contributed by atoms with Gasteiger partial charge in [0.15, 0.2) is 0 Å². The molecule has 0 radical (unpaired) electrons. The van der Waals surface area contributed by atoms with E-state index in [0.29, 0.717) is 5.56 Å². The summed E-state index contributed by atoms with van der Waals surface area (Å²) in [6.07, 6.45) is 0.452. The van der Waals surface area contributed by atoms with Crippen molar-refractivity contribution in [3.63, 3.8) is 0 Å². The zero-order valence-electron chi connectivity index (χ0n) is 11.2. The van der Waals surface area contributed by atoms with E-state index in [-0.39, 0.29) is 25.2 Å². The molecule has 1 unspecified atom stereocenters. The van der Waals surface area contributed by atoms with Crippen molar-refractivity contribution in [2.75, 3.05) is 12.3 Å². The van der Waals surface area contributed by atoms with E-state index in [1.54, 1.807) is 24.3 Å². The second-order valence-electron chi connectivity index (χ2n) is 4.68. The third kappa shape index (κ3) is 3.70. The van der Waals surface area contributed by atoms with Crippen LogP contribution in [0.15, 0.2) is 28.7 Å². The fourth-order valence-electron chi connectivity index (χ4n) is 2.01. The van der Waals surface area contributed by atoms with Crippen LogP contribution in [0.25, 0.3) is 0 Å². The first kappa shape index (κ1) is 16.9. The highest BCUT2D eigenvalue weighted by atomic mass is 79.9. The van der Waals surface area contributed by atoms with Gasteiger partial charge in [0.25, 0.3) is 0 Å². The molecule has 0 aliphatic carbocycles. The fourth-order valence-corrected chi connectivity index (χ4v) is 4.91. The van der Waals surface area contributed by atoms with Crippen molar-refractivity contribution in [2.45, 2.75) is 25.1 Å². The molecule has 106 valence electrons. The molecular formula is C14H16BrN2O2P. The van der Waals surface area contributed by atoms with Crippen molar-refractivity contribution in [2.24, 2.45) is 0 Å². The molecule has 1 atom stereocenters. The SMILES string of the molecule is CC(O)(c1ccc(Br)cc1)P(=O)(CCC#N)CCC#N. The highest BCUT2D eigenvalue weighted by Gasteiger charge is 2.43. The molecule has 0 aromatic heterocycles. The van der Waals surface area contributed by atoms with E-state index in [0.717, 1.165) is 4.47 Å². The minimum absolute atomic E-state index is 0.107. The van der Waals surface area contributed by atoms with Gasteiger partial charge in [-0.15, -0.1) is 0 Å². The molecule has 0 aliphatic rings. The number of aliphatic hydroxyl groups is 1. The second kappa shape index (κ2) is 7.04. The van der Waals surface area contributed by atoms with E-state index in [1.807, 2.05) is 12.1 Å². The highest BCUT2D eigenvalue weighted by Crippen LogP contribution is 2.62. The first-order valence-corrected chi connectivity index (χ1v) is 9.05. The summed E-state index contributed by atoms with van der Waals surface area (Å²) >= 11 is 3.31. The predicted molar refractivity (Wildman–Crippen MR) is 81.5 cm³/mol. The van der Waals surface area contributed by atoms with Crippen LogP contribution in [-0.2, 0) is 9.91 Å². The fraction of sp³-hybridized carbons (Fsp3) is 0.429. The van der Waals surface area contributed by atoms with Crippen LogP contribution in [0.5, 0.6) is 0 Å². The summed E-state index contributed by atoms with van der Waals surface area (Å²) in [4.78, 5) is 0. The zero-order chi connectivity index (χ0) is 15.2. The zero-order valence-corrected chi connectivity index (χ0v) is 13.7. The topological polar surface area (TPSA) is 84.9 Å². The maximum Gasteiger partial charge on any atom is 0.139 e. The number of halogens is 1. The molecule has 0 aliphatic heterocycles. The van der Waals surface area contributed by atoms with E-state index < -0.39 is 12.5 Å².